The lowest BCUT2D eigenvalue weighted by Gasteiger charge is -2.16. The number of alkyl halides is 1. The predicted octanol–water partition coefficient (Wildman–Crippen LogP) is 1.43. The third kappa shape index (κ3) is 3.10. The molecule has 2 N–H and O–H groups in total. The summed E-state index contributed by atoms with van der Waals surface area (Å²) < 4.78 is 39.9. The summed E-state index contributed by atoms with van der Waals surface area (Å²) in [7, 11) is -3.82. The fourth-order valence-corrected chi connectivity index (χ4v) is 3.71. The highest BCUT2D eigenvalue weighted by molar-refractivity contribution is 9.10. The molecule has 2 atom stereocenters. The summed E-state index contributed by atoms with van der Waals surface area (Å²) in [5.74, 6) is 0. The molecule has 1 saturated heterocycles. The molecule has 0 radical (unpaired) electrons. The molecule has 6 nitrogen and oxygen atoms in total. The van der Waals surface area contributed by atoms with Crippen LogP contribution in [-0.2, 0) is 10.0 Å². The summed E-state index contributed by atoms with van der Waals surface area (Å²) in [5, 5.41) is 10.6. The topological polar surface area (TPSA) is 86.7 Å². The Kier molecular flexibility index (Phi) is 4.31. The van der Waals surface area contributed by atoms with Gasteiger partial charge in [0.05, 0.1) is 10.9 Å². The monoisotopic (exact) mass is 366 g/mol. The fourth-order valence-electron chi connectivity index (χ4n) is 1.98. The minimum Gasteiger partial charge on any atom is -0.465 e. The van der Waals surface area contributed by atoms with Gasteiger partial charge in [-0.25, -0.2) is 17.6 Å². The standard InChI is InChI=1S/C11H12BrFN2O4S/c12-7-1-3-8(4-2-7)20(18,19)15-5-9(13)10(6-15)14-11(16)17/h1-4,9-10,14H,5-6H2,(H,16,17)/t9-,10+/m0/s1. The first-order chi connectivity index (χ1) is 9.30. The first-order valence-electron chi connectivity index (χ1n) is 5.70. The van der Waals surface area contributed by atoms with Crippen molar-refractivity contribution < 1.29 is 22.7 Å². The van der Waals surface area contributed by atoms with Gasteiger partial charge in [0.15, 0.2) is 0 Å². The van der Waals surface area contributed by atoms with E-state index < -0.39 is 28.3 Å². The Morgan fingerprint density at radius 1 is 1.35 bits per heavy atom. The molecule has 0 aliphatic carbocycles. The maximum absolute atomic E-state index is 13.7. The van der Waals surface area contributed by atoms with E-state index in [4.69, 9.17) is 5.11 Å². The number of nitrogens with zero attached hydrogens (tertiary/aromatic N) is 1. The van der Waals surface area contributed by atoms with Gasteiger partial charge in [0, 0.05) is 17.6 Å². The van der Waals surface area contributed by atoms with Crippen molar-refractivity contribution in [2.24, 2.45) is 0 Å². The summed E-state index contributed by atoms with van der Waals surface area (Å²) >= 11 is 3.20. The van der Waals surface area contributed by atoms with Crippen LogP contribution in [0.15, 0.2) is 33.6 Å². The highest BCUT2D eigenvalue weighted by Gasteiger charge is 2.40. The van der Waals surface area contributed by atoms with E-state index in [0.29, 0.717) is 0 Å². The van der Waals surface area contributed by atoms with E-state index in [0.717, 1.165) is 8.78 Å². The first kappa shape index (κ1) is 15.2. The number of amides is 1. The molecule has 1 aliphatic heterocycles. The molecule has 0 spiro atoms. The summed E-state index contributed by atoms with van der Waals surface area (Å²) in [6, 6.07) is 4.92. The van der Waals surface area contributed by atoms with Crippen molar-refractivity contribution in [1.82, 2.24) is 9.62 Å². The lowest BCUT2D eigenvalue weighted by atomic mass is 10.2. The number of rotatable bonds is 3. The molecule has 1 fully saturated rings. The highest BCUT2D eigenvalue weighted by atomic mass is 79.9. The van der Waals surface area contributed by atoms with Crippen molar-refractivity contribution >= 4 is 32.0 Å². The molecule has 1 heterocycles. The summed E-state index contributed by atoms with van der Waals surface area (Å²) in [5.41, 5.74) is 0. The van der Waals surface area contributed by atoms with Crippen molar-refractivity contribution in [3.8, 4) is 0 Å². The van der Waals surface area contributed by atoms with Crippen molar-refractivity contribution in [1.29, 1.82) is 0 Å². The van der Waals surface area contributed by atoms with Gasteiger partial charge in [-0.15, -0.1) is 0 Å². The van der Waals surface area contributed by atoms with Gasteiger partial charge < -0.3 is 10.4 Å². The average molecular weight is 367 g/mol. The maximum atomic E-state index is 13.7. The first-order valence-corrected chi connectivity index (χ1v) is 7.93. The Hall–Kier alpha value is -1.19. The van der Waals surface area contributed by atoms with E-state index in [1.807, 2.05) is 5.32 Å². The molecule has 9 heteroatoms. The van der Waals surface area contributed by atoms with Gasteiger partial charge in [-0.3, -0.25) is 0 Å². The van der Waals surface area contributed by atoms with E-state index in [1.54, 1.807) is 12.1 Å². The largest absolute Gasteiger partial charge is 0.465 e. The predicted molar refractivity (Wildman–Crippen MR) is 72.7 cm³/mol. The number of hydrogen-bond acceptors (Lipinski definition) is 3. The third-order valence-electron chi connectivity index (χ3n) is 2.98. The molecular formula is C11H12BrFN2O4S. The summed E-state index contributed by atoms with van der Waals surface area (Å²) in [6.07, 6.45) is -2.93. The second-order valence-corrected chi connectivity index (χ2v) is 7.20. The van der Waals surface area contributed by atoms with E-state index in [1.165, 1.54) is 12.1 Å². The molecule has 1 aliphatic rings. The lowest BCUT2D eigenvalue weighted by Crippen LogP contribution is -2.40. The second-order valence-electron chi connectivity index (χ2n) is 4.35. The number of carbonyl (C=O) groups is 1. The van der Waals surface area contributed by atoms with Crippen LogP contribution in [0.4, 0.5) is 9.18 Å². The van der Waals surface area contributed by atoms with Gasteiger partial charge >= 0.3 is 6.09 Å². The van der Waals surface area contributed by atoms with Crippen LogP contribution < -0.4 is 5.32 Å². The van der Waals surface area contributed by atoms with E-state index in [-0.39, 0.29) is 18.0 Å². The van der Waals surface area contributed by atoms with Crippen molar-refractivity contribution in [2.75, 3.05) is 13.1 Å². The molecular weight excluding hydrogens is 355 g/mol. The number of halogens is 2. The second kappa shape index (κ2) is 5.66. The molecule has 0 unspecified atom stereocenters. The highest BCUT2D eigenvalue weighted by Crippen LogP contribution is 2.24. The number of nitrogens with one attached hydrogen (secondary N) is 1. The van der Waals surface area contributed by atoms with Crippen molar-refractivity contribution in [3.05, 3.63) is 28.7 Å². The van der Waals surface area contributed by atoms with Gasteiger partial charge in [-0.1, -0.05) is 15.9 Å². The Labute approximate surface area is 123 Å². The number of benzene rings is 1. The smallest absolute Gasteiger partial charge is 0.405 e. The number of sulfonamides is 1. The molecule has 1 amide bonds. The molecule has 1 aromatic rings. The van der Waals surface area contributed by atoms with Crippen LogP contribution in [0.5, 0.6) is 0 Å². The molecule has 0 saturated carbocycles. The summed E-state index contributed by atoms with van der Waals surface area (Å²) in [4.78, 5) is 10.6. The molecule has 0 aromatic heterocycles. The van der Waals surface area contributed by atoms with Gasteiger partial charge in [0.2, 0.25) is 10.0 Å². The molecule has 2 rings (SSSR count). The summed E-state index contributed by atoms with van der Waals surface area (Å²) in [6.45, 7) is -0.574. The van der Waals surface area contributed by atoms with Crippen LogP contribution in [0, 0.1) is 0 Å². The normalized spacial score (nSPS) is 23.7. The van der Waals surface area contributed by atoms with Crippen LogP contribution in [-0.4, -0.2) is 49.2 Å². The van der Waals surface area contributed by atoms with Gasteiger partial charge in [-0.05, 0) is 24.3 Å². The van der Waals surface area contributed by atoms with Crippen LogP contribution in [0.3, 0.4) is 0 Å². The third-order valence-corrected chi connectivity index (χ3v) is 5.35. The van der Waals surface area contributed by atoms with Crippen LogP contribution >= 0.6 is 15.9 Å². The van der Waals surface area contributed by atoms with Gasteiger partial charge in [-0.2, -0.15) is 4.31 Å². The minimum absolute atomic E-state index is 0.0453. The SMILES string of the molecule is O=C(O)N[C@@H]1CN(S(=O)(=O)c2ccc(Br)cc2)C[C@@H]1F. The Bertz CT molecular complexity index is 607. The van der Waals surface area contributed by atoms with Crippen LogP contribution in [0.25, 0.3) is 0 Å². The van der Waals surface area contributed by atoms with E-state index >= 15 is 0 Å². The Balaban J connectivity index is 2.19. The zero-order valence-electron chi connectivity index (χ0n) is 10.2. The zero-order valence-corrected chi connectivity index (χ0v) is 12.6. The fraction of sp³-hybridized carbons (Fsp3) is 0.364. The van der Waals surface area contributed by atoms with Crippen LogP contribution in [0.2, 0.25) is 0 Å². The maximum Gasteiger partial charge on any atom is 0.405 e. The van der Waals surface area contributed by atoms with E-state index in [2.05, 4.69) is 15.9 Å². The van der Waals surface area contributed by atoms with E-state index in [9.17, 15) is 17.6 Å². The van der Waals surface area contributed by atoms with Crippen molar-refractivity contribution in [3.63, 3.8) is 0 Å². The number of hydrogen-bond donors (Lipinski definition) is 2. The molecule has 1 aromatic carbocycles. The minimum atomic E-state index is -3.82. The molecule has 110 valence electrons. The van der Waals surface area contributed by atoms with Crippen LogP contribution in [0.1, 0.15) is 0 Å². The average Bonchev–Trinajstić information content (AvgIpc) is 2.71. The Morgan fingerprint density at radius 3 is 2.50 bits per heavy atom. The molecule has 0 bridgehead atoms. The Morgan fingerprint density at radius 2 is 1.95 bits per heavy atom. The lowest BCUT2D eigenvalue weighted by molar-refractivity contribution is 0.183. The molecule has 20 heavy (non-hydrogen) atoms. The number of carboxylic acid groups (broad SMARTS) is 1. The van der Waals surface area contributed by atoms with Gasteiger partial charge in [0.1, 0.15) is 6.17 Å². The van der Waals surface area contributed by atoms with Gasteiger partial charge in [0.25, 0.3) is 0 Å². The van der Waals surface area contributed by atoms with Crippen molar-refractivity contribution in [2.45, 2.75) is 17.1 Å². The quantitative estimate of drug-likeness (QED) is 0.846. The zero-order chi connectivity index (χ0) is 14.9.